The molecule has 0 bridgehead atoms. The lowest BCUT2D eigenvalue weighted by molar-refractivity contribution is -0.136. The van der Waals surface area contributed by atoms with Crippen LogP contribution in [0.1, 0.15) is 31.8 Å². The van der Waals surface area contributed by atoms with Gasteiger partial charge < -0.3 is 20.5 Å². The van der Waals surface area contributed by atoms with Gasteiger partial charge in [-0.2, -0.15) is 0 Å². The van der Waals surface area contributed by atoms with Crippen molar-refractivity contribution in [2.75, 3.05) is 5.32 Å². The molecule has 0 fully saturated rings. The van der Waals surface area contributed by atoms with Crippen molar-refractivity contribution in [2.45, 2.75) is 13.0 Å². The highest BCUT2D eigenvalue weighted by molar-refractivity contribution is 6.42. The Morgan fingerprint density at radius 2 is 1.66 bits per heavy atom. The second-order valence-electron chi connectivity index (χ2n) is 8.15. The summed E-state index contributed by atoms with van der Waals surface area (Å²) in [6.07, 6.45) is 2.86. The van der Waals surface area contributed by atoms with Gasteiger partial charge in [-0.05, 0) is 72.3 Å². The first kappa shape index (κ1) is 26.7. The summed E-state index contributed by atoms with van der Waals surface area (Å²) < 4.78 is 6.03. The third kappa shape index (κ3) is 7.09. The molecular weight excluding hydrogens is 529 g/mol. The lowest BCUT2D eigenvalue weighted by Gasteiger charge is -2.14. The maximum atomic E-state index is 12.5. The number of rotatable bonds is 9. The zero-order valence-electron chi connectivity index (χ0n) is 19.8. The number of ether oxygens (including phenoxy) is 1. The smallest absolute Gasteiger partial charge is 0.307 e. The number of halogens is 2. The van der Waals surface area contributed by atoms with Crippen LogP contribution in [0.15, 0.2) is 85.2 Å². The monoisotopic (exact) mass is 549 g/mol. The molecule has 3 N–H and O–H groups in total. The molecule has 10 heteroatoms. The normalized spacial score (nSPS) is 10.5. The van der Waals surface area contributed by atoms with Gasteiger partial charge in [-0.3, -0.25) is 19.4 Å². The highest BCUT2D eigenvalue weighted by Gasteiger charge is 2.13. The number of carboxylic acids is 1. The molecule has 2 amide bonds. The Bertz CT molecular complexity index is 1480. The molecule has 1 aromatic heterocycles. The van der Waals surface area contributed by atoms with Gasteiger partial charge in [0.05, 0.1) is 22.0 Å². The molecule has 0 aliphatic rings. The van der Waals surface area contributed by atoms with Crippen molar-refractivity contribution in [2.24, 2.45) is 0 Å². The fourth-order valence-electron chi connectivity index (χ4n) is 3.50. The van der Waals surface area contributed by atoms with E-state index in [0.29, 0.717) is 44.5 Å². The minimum Gasteiger partial charge on any atom is -0.481 e. The average molecular weight is 550 g/mol. The van der Waals surface area contributed by atoms with Gasteiger partial charge in [-0.25, -0.2) is 0 Å². The van der Waals surface area contributed by atoms with E-state index in [4.69, 9.17) is 33.0 Å². The Morgan fingerprint density at radius 3 is 2.34 bits per heavy atom. The first-order valence-corrected chi connectivity index (χ1v) is 12.1. The molecule has 0 saturated heterocycles. The third-order valence-corrected chi connectivity index (χ3v) is 6.10. The molecule has 192 valence electrons. The van der Waals surface area contributed by atoms with Gasteiger partial charge in [-0.1, -0.05) is 29.3 Å². The van der Waals surface area contributed by atoms with Crippen molar-refractivity contribution in [1.29, 1.82) is 0 Å². The van der Waals surface area contributed by atoms with Crippen LogP contribution in [0.2, 0.25) is 10.0 Å². The molecule has 3 aromatic carbocycles. The van der Waals surface area contributed by atoms with Crippen LogP contribution in [0.4, 0.5) is 5.69 Å². The number of nitrogens with one attached hydrogen (secondary N) is 2. The summed E-state index contributed by atoms with van der Waals surface area (Å²) in [5, 5.41) is 15.4. The lowest BCUT2D eigenvalue weighted by atomic mass is 10.1. The number of anilines is 1. The maximum absolute atomic E-state index is 12.5. The van der Waals surface area contributed by atoms with Crippen LogP contribution in [-0.4, -0.2) is 27.9 Å². The highest BCUT2D eigenvalue weighted by atomic mass is 35.5. The number of carbonyl (C=O) groups excluding carboxylic acids is 2. The Balaban J connectivity index is 1.47. The molecule has 0 spiro atoms. The van der Waals surface area contributed by atoms with E-state index in [2.05, 4.69) is 15.6 Å². The zero-order valence-corrected chi connectivity index (χ0v) is 21.3. The molecular formula is C28H21Cl2N3O5. The number of hydrogen-bond acceptors (Lipinski definition) is 5. The van der Waals surface area contributed by atoms with Crippen molar-refractivity contribution in [1.82, 2.24) is 10.3 Å². The van der Waals surface area contributed by atoms with Crippen LogP contribution < -0.4 is 15.4 Å². The Kier molecular flexibility index (Phi) is 8.58. The summed E-state index contributed by atoms with van der Waals surface area (Å²) in [7, 11) is 0. The second-order valence-corrected chi connectivity index (χ2v) is 8.96. The quantitative estimate of drug-likeness (QED) is 0.236. The summed E-state index contributed by atoms with van der Waals surface area (Å²) in [6, 6.07) is 19.6. The molecule has 0 aliphatic heterocycles. The molecule has 1 heterocycles. The van der Waals surface area contributed by atoms with Gasteiger partial charge in [0.1, 0.15) is 11.5 Å². The molecule has 4 aromatic rings. The summed E-state index contributed by atoms with van der Waals surface area (Å²) >= 11 is 11.9. The van der Waals surface area contributed by atoms with Crippen LogP contribution in [-0.2, 0) is 17.8 Å². The molecule has 4 rings (SSSR count). The summed E-state index contributed by atoms with van der Waals surface area (Å²) in [5.74, 6) is -0.725. The number of amides is 2. The van der Waals surface area contributed by atoms with E-state index >= 15 is 0 Å². The van der Waals surface area contributed by atoms with Crippen LogP contribution in [0, 0.1) is 0 Å². The molecule has 0 unspecified atom stereocenters. The van der Waals surface area contributed by atoms with Gasteiger partial charge in [0.25, 0.3) is 11.8 Å². The van der Waals surface area contributed by atoms with E-state index in [9.17, 15) is 14.4 Å². The second kappa shape index (κ2) is 12.2. The fraction of sp³-hybridized carbons (Fsp3) is 0.0714. The number of hydrogen-bond donors (Lipinski definition) is 3. The van der Waals surface area contributed by atoms with Gasteiger partial charge >= 0.3 is 5.97 Å². The van der Waals surface area contributed by atoms with Crippen LogP contribution in [0.5, 0.6) is 11.5 Å². The number of carboxylic acid groups (broad SMARTS) is 1. The zero-order chi connectivity index (χ0) is 27.1. The van der Waals surface area contributed by atoms with Crippen molar-refractivity contribution in [3.05, 3.63) is 117 Å². The fourth-order valence-corrected chi connectivity index (χ4v) is 3.80. The number of aliphatic carboxylic acids is 1. The number of nitrogens with zero attached hydrogens (tertiary/aromatic N) is 1. The molecule has 0 atom stereocenters. The first-order valence-electron chi connectivity index (χ1n) is 11.3. The predicted molar refractivity (Wildman–Crippen MR) is 144 cm³/mol. The van der Waals surface area contributed by atoms with Crippen molar-refractivity contribution < 1.29 is 24.2 Å². The summed E-state index contributed by atoms with van der Waals surface area (Å²) in [4.78, 5) is 40.1. The summed E-state index contributed by atoms with van der Waals surface area (Å²) in [5.41, 5.74) is 2.46. The van der Waals surface area contributed by atoms with E-state index < -0.39 is 5.97 Å². The molecule has 38 heavy (non-hydrogen) atoms. The average Bonchev–Trinajstić information content (AvgIpc) is 2.91. The third-order valence-electron chi connectivity index (χ3n) is 5.37. The first-order chi connectivity index (χ1) is 18.3. The van der Waals surface area contributed by atoms with Gasteiger partial charge in [0, 0.05) is 35.8 Å². The number of aromatic nitrogens is 1. The Hall–Kier alpha value is -4.40. The van der Waals surface area contributed by atoms with E-state index in [1.807, 2.05) is 0 Å². The van der Waals surface area contributed by atoms with Crippen molar-refractivity contribution >= 4 is 46.7 Å². The standard InChI is InChI=1S/C28H21Cl2N3O5/c29-23-9-4-18(14-24(23)30)28(37)33-21-5-7-22(8-6-21)38-25-10-3-17(13-26(34)35)12-20(25)16-32-27(36)19-2-1-11-31-15-19/h1-12,14-15H,13,16H2,(H,32,36)(H,33,37)(H,34,35). The van der Waals surface area contributed by atoms with Crippen LogP contribution in [0.25, 0.3) is 0 Å². The molecule has 0 saturated carbocycles. The topological polar surface area (TPSA) is 118 Å². The number of carbonyl (C=O) groups is 3. The van der Waals surface area contributed by atoms with E-state index in [-0.39, 0.29) is 29.8 Å². The highest BCUT2D eigenvalue weighted by Crippen LogP contribution is 2.28. The molecule has 8 nitrogen and oxygen atoms in total. The minimum atomic E-state index is -0.970. The molecule has 0 radical (unpaired) electrons. The van der Waals surface area contributed by atoms with Gasteiger partial charge in [-0.15, -0.1) is 0 Å². The lowest BCUT2D eigenvalue weighted by Crippen LogP contribution is -2.23. The van der Waals surface area contributed by atoms with E-state index in [1.165, 1.54) is 12.3 Å². The SMILES string of the molecule is O=C(O)Cc1ccc(Oc2ccc(NC(=O)c3ccc(Cl)c(Cl)c3)cc2)c(CNC(=O)c2cccnc2)c1. The Labute approximate surface area is 228 Å². The minimum absolute atomic E-state index is 0.105. The summed E-state index contributed by atoms with van der Waals surface area (Å²) in [6.45, 7) is 0.105. The maximum Gasteiger partial charge on any atom is 0.307 e. The molecule has 0 aliphatic carbocycles. The number of pyridine rings is 1. The van der Waals surface area contributed by atoms with Crippen LogP contribution >= 0.6 is 23.2 Å². The van der Waals surface area contributed by atoms with Gasteiger partial charge in [0.15, 0.2) is 0 Å². The van der Waals surface area contributed by atoms with E-state index in [1.54, 1.807) is 72.9 Å². The Morgan fingerprint density at radius 1 is 0.868 bits per heavy atom. The number of benzene rings is 3. The van der Waals surface area contributed by atoms with Crippen molar-refractivity contribution in [3.63, 3.8) is 0 Å². The predicted octanol–water partition coefficient (Wildman–Crippen LogP) is 5.99. The largest absolute Gasteiger partial charge is 0.481 e. The van der Waals surface area contributed by atoms with Crippen LogP contribution in [0.3, 0.4) is 0 Å². The van der Waals surface area contributed by atoms with Gasteiger partial charge in [0.2, 0.25) is 0 Å². The van der Waals surface area contributed by atoms with E-state index in [0.717, 1.165) is 0 Å². The van der Waals surface area contributed by atoms with Crippen molar-refractivity contribution in [3.8, 4) is 11.5 Å².